The van der Waals surface area contributed by atoms with E-state index in [-0.39, 0.29) is 5.91 Å². The predicted molar refractivity (Wildman–Crippen MR) is 99.5 cm³/mol. The van der Waals surface area contributed by atoms with E-state index in [0.29, 0.717) is 13.1 Å². The van der Waals surface area contributed by atoms with E-state index < -0.39 is 0 Å². The lowest BCUT2D eigenvalue weighted by molar-refractivity contribution is -0.126. The molecule has 1 aliphatic heterocycles. The molecular weight excluding hydrogens is 334 g/mol. The molecule has 3 aromatic rings. The van der Waals surface area contributed by atoms with Crippen molar-refractivity contribution in [1.82, 2.24) is 19.9 Å². The van der Waals surface area contributed by atoms with Crippen LogP contribution < -0.4 is 4.90 Å². The van der Waals surface area contributed by atoms with Crippen LogP contribution in [-0.2, 0) is 4.79 Å². The molecular formula is C18H17N5OS. The van der Waals surface area contributed by atoms with Crippen LogP contribution >= 0.6 is 11.3 Å². The highest BCUT2D eigenvalue weighted by atomic mass is 32.1. The Morgan fingerprint density at radius 2 is 1.80 bits per heavy atom. The summed E-state index contributed by atoms with van der Waals surface area (Å²) in [6.07, 6.45) is 6.90. The molecule has 7 heteroatoms. The topological polar surface area (TPSA) is 62.2 Å². The summed E-state index contributed by atoms with van der Waals surface area (Å²) in [5.74, 6) is 0.743. The van der Waals surface area contributed by atoms with Crippen LogP contribution in [0.4, 0.5) is 5.95 Å². The molecule has 4 rings (SSSR count). The van der Waals surface area contributed by atoms with Gasteiger partial charge in [0.05, 0.1) is 10.2 Å². The summed E-state index contributed by atoms with van der Waals surface area (Å²) in [6, 6.07) is 9.79. The summed E-state index contributed by atoms with van der Waals surface area (Å²) in [7, 11) is 0. The summed E-state index contributed by atoms with van der Waals surface area (Å²) in [4.78, 5) is 29.4. The van der Waals surface area contributed by atoms with Gasteiger partial charge in [0.2, 0.25) is 11.9 Å². The second kappa shape index (κ2) is 6.98. The second-order valence-electron chi connectivity index (χ2n) is 5.71. The van der Waals surface area contributed by atoms with Gasteiger partial charge in [0.1, 0.15) is 5.01 Å². The molecule has 1 aromatic carbocycles. The molecule has 0 atom stereocenters. The zero-order valence-electron chi connectivity index (χ0n) is 13.6. The average Bonchev–Trinajstić information content (AvgIpc) is 3.10. The highest BCUT2D eigenvalue weighted by Gasteiger charge is 2.21. The number of aromatic nitrogens is 3. The van der Waals surface area contributed by atoms with Crippen molar-refractivity contribution in [3.8, 4) is 0 Å². The highest BCUT2D eigenvalue weighted by Crippen LogP contribution is 2.22. The smallest absolute Gasteiger partial charge is 0.246 e. The molecule has 1 fully saturated rings. The molecule has 1 amide bonds. The third-order valence-electron chi connectivity index (χ3n) is 4.11. The maximum atomic E-state index is 12.4. The minimum atomic E-state index is 0.0212. The molecule has 2 aromatic heterocycles. The van der Waals surface area contributed by atoms with Crippen LogP contribution in [0.25, 0.3) is 16.3 Å². The summed E-state index contributed by atoms with van der Waals surface area (Å²) >= 11 is 1.59. The van der Waals surface area contributed by atoms with Crippen molar-refractivity contribution in [2.24, 2.45) is 0 Å². The van der Waals surface area contributed by atoms with Crippen LogP contribution in [0.2, 0.25) is 0 Å². The summed E-state index contributed by atoms with van der Waals surface area (Å²) < 4.78 is 1.13. The lowest BCUT2D eigenvalue weighted by Gasteiger charge is -2.34. The predicted octanol–water partition coefficient (Wildman–Crippen LogP) is 2.45. The quantitative estimate of drug-likeness (QED) is 0.678. The zero-order chi connectivity index (χ0) is 17.1. The Labute approximate surface area is 149 Å². The molecule has 6 nitrogen and oxygen atoms in total. The second-order valence-corrected chi connectivity index (χ2v) is 6.78. The van der Waals surface area contributed by atoms with Crippen molar-refractivity contribution in [2.75, 3.05) is 31.1 Å². The van der Waals surface area contributed by atoms with Gasteiger partial charge in [-0.25, -0.2) is 15.0 Å². The van der Waals surface area contributed by atoms with E-state index in [0.717, 1.165) is 34.3 Å². The van der Waals surface area contributed by atoms with Crippen molar-refractivity contribution < 1.29 is 4.79 Å². The molecule has 0 saturated carbocycles. The van der Waals surface area contributed by atoms with Crippen molar-refractivity contribution in [1.29, 1.82) is 0 Å². The number of para-hydroxylation sites is 1. The summed E-state index contributed by atoms with van der Waals surface area (Å²) in [5, 5.41) is 0.853. The molecule has 1 saturated heterocycles. The van der Waals surface area contributed by atoms with Crippen molar-refractivity contribution >= 4 is 39.5 Å². The van der Waals surface area contributed by atoms with Gasteiger partial charge in [-0.15, -0.1) is 11.3 Å². The van der Waals surface area contributed by atoms with E-state index >= 15 is 0 Å². The van der Waals surface area contributed by atoms with E-state index in [4.69, 9.17) is 0 Å². The monoisotopic (exact) mass is 351 g/mol. The number of piperazine rings is 1. The van der Waals surface area contributed by atoms with Crippen LogP contribution in [0.5, 0.6) is 0 Å². The molecule has 126 valence electrons. The zero-order valence-corrected chi connectivity index (χ0v) is 14.4. The molecule has 1 aliphatic rings. The van der Waals surface area contributed by atoms with E-state index in [1.54, 1.807) is 41.9 Å². The number of thiazole rings is 1. The number of amides is 1. The maximum Gasteiger partial charge on any atom is 0.246 e. The van der Waals surface area contributed by atoms with Crippen LogP contribution in [-0.4, -0.2) is 51.9 Å². The highest BCUT2D eigenvalue weighted by molar-refractivity contribution is 7.19. The molecule has 25 heavy (non-hydrogen) atoms. The van der Waals surface area contributed by atoms with E-state index in [1.165, 1.54) is 0 Å². The summed E-state index contributed by atoms with van der Waals surface area (Å²) in [5.41, 5.74) is 0.969. The van der Waals surface area contributed by atoms with E-state index in [2.05, 4.69) is 19.9 Å². The fourth-order valence-electron chi connectivity index (χ4n) is 2.79. The van der Waals surface area contributed by atoms with Crippen molar-refractivity contribution in [3.63, 3.8) is 0 Å². The first kappa shape index (κ1) is 15.7. The van der Waals surface area contributed by atoms with Crippen LogP contribution in [0.3, 0.4) is 0 Å². The van der Waals surface area contributed by atoms with Gasteiger partial charge >= 0.3 is 0 Å². The van der Waals surface area contributed by atoms with Gasteiger partial charge in [0.15, 0.2) is 0 Å². The number of fused-ring (bicyclic) bond motifs is 1. The lowest BCUT2D eigenvalue weighted by atomic mass is 10.3. The molecule has 0 radical (unpaired) electrons. The van der Waals surface area contributed by atoms with Crippen molar-refractivity contribution in [3.05, 3.63) is 53.8 Å². The Balaban J connectivity index is 1.37. The van der Waals surface area contributed by atoms with Crippen LogP contribution in [0, 0.1) is 0 Å². The number of carbonyl (C=O) groups excluding carboxylic acids is 1. The molecule has 0 aliphatic carbocycles. The first-order valence-corrected chi connectivity index (χ1v) is 8.96. The van der Waals surface area contributed by atoms with Gasteiger partial charge in [-0.3, -0.25) is 4.79 Å². The first-order chi connectivity index (χ1) is 12.3. The number of anilines is 1. The summed E-state index contributed by atoms with van der Waals surface area (Å²) in [6.45, 7) is 2.82. The number of nitrogens with zero attached hydrogens (tertiary/aromatic N) is 5. The molecule has 3 heterocycles. The number of carbonyl (C=O) groups is 1. The Hall–Kier alpha value is -2.80. The Morgan fingerprint density at radius 3 is 2.56 bits per heavy atom. The third kappa shape index (κ3) is 3.51. The minimum absolute atomic E-state index is 0.0212. The van der Waals surface area contributed by atoms with Gasteiger partial charge in [0.25, 0.3) is 0 Å². The van der Waals surface area contributed by atoms with Gasteiger partial charge < -0.3 is 9.80 Å². The molecule has 0 spiro atoms. The van der Waals surface area contributed by atoms with Crippen LogP contribution in [0.1, 0.15) is 5.01 Å². The van der Waals surface area contributed by atoms with Gasteiger partial charge in [-0.2, -0.15) is 0 Å². The largest absolute Gasteiger partial charge is 0.337 e. The normalized spacial score (nSPS) is 15.2. The SMILES string of the molecule is O=C(C=Cc1nc2ccccc2s1)N1CCN(c2ncccn2)CC1. The average molecular weight is 351 g/mol. The lowest BCUT2D eigenvalue weighted by Crippen LogP contribution is -2.48. The standard InChI is InChI=1S/C18H17N5OS/c24-17(7-6-16-21-14-4-1-2-5-15(14)25-16)22-10-12-23(13-11-22)18-19-8-3-9-20-18/h1-9H,10-13H2. The fourth-order valence-corrected chi connectivity index (χ4v) is 3.66. The van der Waals surface area contributed by atoms with Gasteiger partial charge in [-0.1, -0.05) is 12.1 Å². The van der Waals surface area contributed by atoms with E-state index in [1.807, 2.05) is 29.2 Å². The van der Waals surface area contributed by atoms with E-state index in [9.17, 15) is 4.79 Å². The molecule has 0 bridgehead atoms. The van der Waals surface area contributed by atoms with Gasteiger partial charge in [-0.05, 0) is 24.3 Å². The van der Waals surface area contributed by atoms with Crippen molar-refractivity contribution in [2.45, 2.75) is 0 Å². The Bertz CT molecular complexity index is 867. The van der Waals surface area contributed by atoms with Crippen LogP contribution in [0.15, 0.2) is 48.8 Å². The third-order valence-corrected chi connectivity index (χ3v) is 5.11. The maximum absolute atomic E-state index is 12.4. The molecule has 0 N–H and O–H groups in total. The fraction of sp³-hybridized carbons (Fsp3) is 0.222. The number of hydrogen-bond acceptors (Lipinski definition) is 6. The first-order valence-electron chi connectivity index (χ1n) is 8.14. The Morgan fingerprint density at radius 1 is 1.04 bits per heavy atom. The number of rotatable bonds is 3. The number of hydrogen-bond donors (Lipinski definition) is 0. The van der Waals surface area contributed by atoms with Gasteiger partial charge in [0, 0.05) is 44.6 Å². The Kier molecular flexibility index (Phi) is 4.39. The number of benzene rings is 1. The molecule has 0 unspecified atom stereocenters. The minimum Gasteiger partial charge on any atom is -0.337 e.